The largest absolute Gasteiger partial charge is 0.451 e. The van der Waals surface area contributed by atoms with Crippen LogP contribution in [0.2, 0.25) is 0 Å². The highest BCUT2D eigenvalue weighted by Gasteiger charge is 2.16. The fourth-order valence-corrected chi connectivity index (χ4v) is 1.51. The molecule has 0 unspecified atom stereocenters. The second-order valence-electron chi connectivity index (χ2n) is 3.29. The van der Waals surface area contributed by atoms with Crippen molar-refractivity contribution in [2.24, 2.45) is 0 Å². The highest BCUT2D eigenvalue weighted by Crippen LogP contribution is 2.01. The number of amides is 1. The minimum Gasteiger partial charge on any atom is -0.451 e. The van der Waals surface area contributed by atoms with Crippen molar-refractivity contribution in [3.63, 3.8) is 0 Å². The SMILES string of the molecule is O=C(Cc1cocn1)N1CCNCC1. The van der Waals surface area contributed by atoms with E-state index in [1.807, 2.05) is 4.90 Å². The number of aromatic nitrogens is 1. The number of oxazole rings is 1. The predicted molar refractivity (Wildman–Crippen MR) is 49.7 cm³/mol. The summed E-state index contributed by atoms with van der Waals surface area (Å²) in [6.45, 7) is 3.34. The Labute approximate surface area is 82.1 Å². The number of rotatable bonds is 2. The molecule has 0 aromatic carbocycles. The normalized spacial score (nSPS) is 17.0. The van der Waals surface area contributed by atoms with Gasteiger partial charge in [0.25, 0.3) is 0 Å². The molecule has 2 rings (SSSR count). The molecule has 1 N–H and O–H groups in total. The van der Waals surface area contributed by atoms with Crippen LogP contribution in [0.25, 0.3) is 0 Å². The second kappa shape index (κ2) is 4.23. The van der Waals surface area contributed by atoms with Gasteiger partial charge in [-0.05, 0) is 0 Å². The molecule has 2 heterocycles. The first-order valence-corrected chi connectivity index (χ1v) is 4.72. The van der Waals surface area contributed by atoms with Crippen molar-refractivity contribution < 1.29 is 9.21 Å². The monoisotopic (exact) mass is 195 g/mol. The molecule has 1 aromatic heterocycles. The van der Waals surface area contributed by atoms with Crippen molar-refractivity contribution in [2.75, 3.05) is 26.2 Å². The van der Waals surface area contributed by atoms with Crippen LogP contribution in [0.15, 0.2) is 17.1 Å². The van der Waals surface area contributed by atoms with Crippen LogP contribution in [0, 0.1) is 0 Å². The fraction of sp³-hybridized carbons (Fsp3) is 0.556. The average molecular weight is 195 g/mol. The molecular weight excluding hydrogens is 182 g/mol. The first-order chi connectivity index (χ1) is 6.86. The van der Waals surface area contributed by atoms with Crippen molar-refractivity contribution in [2.45, 2.75) is 6.42 Å². The van der Waals surface area contributed by atoms with Crippen molar-refractivity contribution in [3.05, 3.63) is 18.4 Å². The van der Waals surface area contributed by atoms with Crippen LogP contribution in [0.3, 0.4) is 0 Å². The first-order valence-electron chi connectivity index (χ1n) is 4.72. The van der Waals surface area contributed by atoms with Gasteiger partial charge in [0.05, 0.1) is 12.1 Å². The minimum atomic E-state index is 0.125. The van der Waals surface area contributed by atoms with Gasteiger partial charge < -0.3 is 14.6 Å². The zero-order valence-corrected chi connectivity index (χ0v) is 7.90. The van der Waals surface area contributed by atoms with E-state index in [1.54, 1.807) is 0 Å². The summed E-state index contributed by atoms with van der Waals surface area (Å²) in [6.07, 6.45) is 3.21. The van der Waals surface area contributed by atoms with Crippen LogP contribution in [0.4, 0.5) is 0 Å². The average Bonchev–Trinajstić information content (AvgIpc) is 2.72. The summed E-state index contributed by atoms with van der Waals surface area (Å²) in [5, 5.41) is 3.20. The van der Waals surface area contributed by atoms with Crippen LogP contribution in [0.5, 0.6) is 0 Å². The number of nitrogens with zero attached hydrogens (tertiary/aromatic N) is 2. The molecule has 0 aliphatic carbocycles. The fourth-order valence-electron chi connectivity index (χ4n) is 1.51. The maximum absolute atomic E-state index is 11.7. The molecule has 1 amide bonds. The number of carbonyl (C=O) groups excluding carboxylic acids is 1. The second-order valence-corrected chi connectivity index (χ2v) is 3.29. The Morgan fingerprint density at radius 1 is 1.57 bits per heavy atom. The lowest BCUT2D eigenvalue weighted by molar-refractivity contribution is -0.131. The van der Waals surface area contributed by atoms with E-state index in [0.29, 0.717) is 12.1 Å². The number of nitrogens with one attached hydrogen (secondary N) is 1. The number of hydrogen-bond donors (Lipinski definition) is 1. The van der Waals surface area contributed by atoms with E-state index in [2.05, 4.69) is 10.3 Å². The molecule has 14 heavy (non-hydrogen) atoms. The molecule has 76 valence electrons. The summed E-state index contributed by atoms with van der Waals surface area (Å²) in [6, 6.07) is 0. The smallest absolute Gasteiger partial charge is 0.228 e. The molecule has 5 heteroatoms. The summed E-state index contributed by atoms with van der Waals surface area (Å²) < 4.78 is 4.81. The van der Waals surface area contributed by atoms with Crippen LogP contribution < -0.4 is 5.32 Å². The summed E-state index contributed by atoms with van der Waals surface area (Å²) >= 11 is 0. The van der Waals surface area contributed by atoms with Crippen LogP contribution in [0.1, 0.15) is 5.69 Å². The number of piperazine rings is 1. The van der Waals surface area contributed by atoms with Gasteiger partial charge in [0.1, 0.15) is 6.26 Å². The van der Waals surface area contributed by atoms with E-state index in [9.17, 15) is 4.79 Å². The summed E-state index contributed by atoms with van der Waals surface area (Å²) in [7, 11) is 0. The summed E-state index contributed by atoms with van der Waals surface area (Å²) in [5.74, 6) is 0.125. The molecule has 0 saturated carbocycles. The Morgan fingerprint density at radius 2 is 2.36 bits per heavy atom. The third-order valence-electron chi connectivity index (χ3n) is 2.29. The quantitative estimate of drug-likeness (QED) is 0.700. The lowest BCUT2D eigenvalue weighted by Gasteiger charge is -2.27. The Bertz CT molecular complexity index is 291. The Balaban J connectivity index is 1.88. The van der Waals surface area contributed by atoms with Crippen LogP contribution in [-0.2, 0) is 11.2 Å². The molecule has 0 spiro atoms. The van der Waals surface area contributed by atoms with E-state index in [0.717, 1.165) is 26.2 Å². The Hall–Kier alpha value is -1.36. The van der Waals surface area contributed by atoms with Gasteiger partial charge in [-0.25, -0.2) is 4.98 Å². The van der Waals surface area contributed by atoms with E-state index >= 15 is 0 Å². The van der Waals surface area contributed by atoms with Crippen LogP contribution >= 0.6 is 0 Å². The molecule has 0 atom stereocenters. The van der Waals surface area contributed by atoms with Gasteiger partial charge in [0.2, 0.25) is 5.91 Å². The molecular formula is C9H13N3O2. The molecule has 1 aromatic rings. The molecule has 5 nitrogen and oxygen atoms in total. The van der Waals surface area contributed by atoms with Gasteiger partial charge in [-0.2, -0.15) is 0 Å². The Kier molecular flexibility index (Phi) is 2.78. The van der Waals surface area contributed by atoms with Crippen molar-refractivity contribution in [3.8, 4) is 0 Å². The summed E-state index contributed by atoms with van der Waals surface area (Å²) in [5.41, 5.74) is 0.702. The zero-order chi connectivity index (χ0) is 9.80. The van der Waals surface area contributed by atoms with E-state index in [1.165, 1.54) is 12.7 Å². The van der Waals surface area contributed by atoms with Gasteiger partial charge in [0, 0.05) is 26.2 Å². The predicted octanol–water partition coefficient (Wildman–Crippen LogP) is -0.351. The Morgan fingerprint density at radius 3 is 3.00 bits per heavy atom. The highest BCUT2D eigenvalue weighted by atomic mass is 16.3. The van der Waals surface area contributed by atoms with Gasteiger partial charge >= 0.3 is 0 Å². The maximum Gasteiger partial charge on any atom is 0.228 e. The van der Waals surface area contributed by atoms with Crippen molar-refractivity contribution >= 4 is 5.91 Å². The van der Waals surface area contributed by atoms with Crippen molar-refractivity contribution in [1.82, 2.24) is 15.2 Å². The number of hydrogen-bond acceptors (Lipinski definition) is 4. The van der Waals surface area contributed by atoms with Gasteiger partial charge in [-0.3, -0.25) is 4.79 Å². The molecule has 1 saturated heterocycles. The van der Waals surface area contributed by atoms with Crippen molar-refractivity contribution in [1.29, 1.82) is 0 Å². The maximum atomic E-state index is 11.7. The highest BCUT2D eigenvalue weighted by molar-refractivity contribution is 5.78. The zero-order valence-electron chi connectivity index (χ0n) is 7.90. The van der Waals surface area contributed by atoms with Gasteiger partial charge in [-0.1, -0.05) is 0 Å². The topological polar surface area (TPSA) is 58.4 Å². The molecule has 1 aliphatic heterocycles. The number of carbonyl (C=O) groups is 1. The first kappa shape index (κ1) is 9.21. The van der Waals surface area contributed by atoms with E-state index < -0.39 is 0 Å². The molecule has 1 aliphatic rings. The molecule has 0 bridgehead atoms. The lowest BCUT2D eigenvalue weighted by Crippen LogP contribution is -2.46. The van der Waals surface area contributed by atoms with Crippen LogP contribution in [-0.4, -0.2) is 42.0 Å². The standard InChI is InChI=1S/C9H13N3O2/c13-9(5-8-6-14-7-11-8)12-3-1-10-2-4-12/h6-7,10H,1-5H2. The third kappa shape index (κ3) is 2.11. The van der Waals surface area contributed by atoms with E-state index in [4.69, 9.17) is 4.42 Å². The molecule has 1 fully saturated rings. The molecule has 0 radical (unpaired) electrons. The summed E-state index contributed by atoms with van der Waals surface area (Å²) in [4.78, 5) is 17.5. The van der Waals surface area contributed by atoms with Gasteiger partial charge in [0.15, 0.2) is 6.39 Å². The lowest BCUT2D eigenvalue weighted by atomic mass is 10.2. The third-order valence-corrected chi connectivity index (χ3v) is 2.29. The minimum absolute atomic E-state index is 0.125. The van der Waals surface area contributed by atoms with E-state index in [-0.39, 0.29) is 5.91 Å². The van der Waals surface area contributed by atoms with Gasteiger partial charge in [-0.15, -0.1) is 0 Å².